The number of nitrogens with zero attached hydrogens (tertiary/aromatic N) is 5. The molecule has 1 aromatic carbocycles. The Kier molecular flexibility index (Phi) is 6.57. The maximum Gasteiger partial charge on any atom is 0.416 e. The van der Waals surface area contributed by atoms with E-state index in [1.807, 2.05) is 11.8 Å². The summed E-state index contributed by atoms with van der Waals surface area (Å²) < 4.78 is 73.0. The lowest BCUT2D eigenvalue weighted by molar-refractivity contribution is -0.137. The summed E-state index contributed by atoms with van der Waals surface area (Å²) in [5.41, 5.74) is -0.556. The first-order valence-corrected chi connectivity index (χ1v) is 12.1. The fraction of sp³-hybridized carbons (Fsp3) is 0.600. The molecule has 0 aliphatic carbocycles. The van der Waals surface area contributed by atoms with Gasteiger partial charge in [0.1, 0.15) is 0 Å². The van der Waals surface area contributed by atoms with Crippen molar-refractivity contribution in [2.75, 3.05) is 39.3 Å². The van der Waals surface area contributed by atoms with Gasteiger partial charge in [0.2, 0.25) is 11.7 Å². The summed E-state index contributed by atoms with van der Waals surface area (Å²) in [5.74, 6) is 0.369. The van der Waals surface area contributed by atoms with E-state index >= 15 is 0 Å². The van der Waals surface area contributed by atoms with Crippen molar-refractivity contribution < 1.29 is 26.1 Å². The van der Waals surface area contributed by atoms with Gasteiger partial charge in [-0.1, -0.05) is 23.7 Å². The molecule has 0 unspecified atom stereocenters. The van der Waals surface area contributed by atoms with Gasteiger partial charge in [-0.15, -0.1) is 0 Å². The van der Waals surface area contributed by atoms with Crippen LogP contribution in [-0.4, -0.2) is 71.3 Å². The largest absolute Gasteiger partial charge is 0.416 e. The van der Waals surface area contributed by atoms with Crippen LogP contribution in [0.5, 0.6) is 0 Å². The molecule has 2 aliphatic rings. The van der Waals surface area contributed by atoms with Gasteiger partial charge in [-0.25, -0.2) is 0 Å². The van der Waals surface area contributed by atoms with Gasteiger partial charge in [-0.3, -0.25) is 4.90 Å². The van der Waals surface area contributed by atoms with Crippen molar-refractivity contribution >= 4 is 10.2 Å². The molecule has 1 aromatic heterocycles. The first kappa shape index (κ1) is 23.1. The van der Waals surface area contributed by atoms with E-state index in [-0.39, 0.29) is 23.3 Å². The zero-order valence-electron chi connectivity index (χ0n) is 17.8. The molecular formula is C20H26F3N5O3S. The van der Waals surface area contributed by atoms with Crippen molar-refractivity contribution in [1.82, 2.24) is 23.7 Å². The van der Waals surface area contributed by atoms with Gasteiger partial charge < -0.3 is 4.52 Å². The summed E-state index contributed by atoms with van der Waals surface area (Å²) >= 11 is 0. The number of benzene rings is 1. The molecule has 176 valence electrons. The molecule has 0 amide bonds. The summed E-state index contributed by atoms with van der Waals surface area (Å²) in [7, 11) is -3.45. The summed E-state index contributed by atoms with van der Waals surface area (Å²) in [4.78, 5) is 6.33. The van der Waals surface area contributed by atoms with Crippen LogP contribution in [0.3, 0.4) is 0 Å². The maximum absolute atomic E-state index is 13.0. The first-order chi connectivity index (χ1) is 15.2. The number of rotatable bonds is 5. The number of hydrogen-bond donors (Lipinski definition) is 0. The van der Waals surface area contributed by atoms with Crippen LogP contribution in [-0.2, 0) is 16.4 Å². The topological polar surface area (TPSA) is 82.8 Å². The lowest BCUT2D eigenvalue weighted by Gasteiger charge is -2.39. The van der Waals surface area contributed by atoms with E-state index in [2.05, 4.69) is 10.1 Å². The number of piperidine rings is 1. The van der Waals surface area contributed by atoms with Crippen molar-refractivity contribution in [3.8, 4) is 11.4 Å². The van der Waals surface area contributed by atoms with Gasteiger partial charge in [0.15, 0.2) is 0 Å². The second-order valence-electron chi connectivity index (χ2n) is 8.11. The third kappa shape index (κ3) is 4.82. The van der Waals surface area contributed by atoms with Gasteiger partial charge in [0.25, 0.3) is 10.2 Å². The summed E-state index contributed by atoms with van der Waals surface area (Å²) in [5, 5.41) is 3.85. The third-order valence-corrected chi connectivity index (χ3v) is 8.07. The molecule has 1 atom stereocenters. The molecule has 2 aliphatic heterocycles. The molecule has 0 bridgehead atoms. The summed E-state index contributed by atoms with van der Waals surface area (Å²) in [6.45, 7) is 4.71. The van der Waals surface area contributed by atoms with Gasteiger partial charge >= 0.3 is 6.18 Å². The van der Waals surface area contributed by atoms with Crippen LogP contribution in [0.15, 0.2) is 28.8 Å². The van der Waals surface area contributed by atoms with Gasteiger partial charge in [-0.2, -0.15) is 35.2 Å². The Morgan fingerprint density at radius 3 is 2.31 bits per heavy atom. The Balaban J connectivity index is 1.40. The van der Waals surface area contributed by atoms with Crippen LogP contribution < -0.4 is 0 Å². The summed E-state index contributed by atoms with van der Waals surface area (Å²) in [6, 6.07) is 4.49. The third-order valence-electron chi connectivity index (χ3n) is 6.04. The van der Waals surface area contributed by atoms with E-state index in [1.54, 1.807) is 4.31 Å². The quantitative estimate of drug-likeness (QED) is 0.664. The van der Waals surface area contributed by atoms with E-state index in [0.717, 1.165) is 31.4 Å². The Morgan fingerprint density at radius 2 is 1.66 bits per heavy atom. The van der Waals surface area contributed by atoms with E-state index in [9.17, 15) is 21.6 Å². The predicted octanol–water partition coefficient (Wildman–Crippen LogP) is 3.16. The van der Waals surface area contributed by atoms with Crippen LogP contribution in [0.4, 0.5) is 13.2 Å². The second-order valence-corrected chi connectivity index (χ2v) is 10.0. The Morgan fingerprint density at radius 1 is 1.00 bits per heavy atom. The fourth-order valence-electron chi connectivity index (χ4n) is 4.09. The second kappa shape index (κ2) is 9.08. The maximum atomic E-state index is 13.0. The minimum absolute atomic E-state index is 0.0873. The van der Waals surface area contributed by atoms with Crippen molar-refractivity contribution in [3.05, 3.63) is 35.7 Å². The highest BCUT2D eigenvalue weighted by Gasteiger charge is 2.35. The highest BCUT2D eigenvalue weighted by Crippen LogP contribution is 2.32. The van der Waals surface area contributed by atoms with Crippen LogP contribution in [0.1, 0.15) is 43.7 Å². The van der Waals surface area contributed by atoms with E-state index in [1.165, 1.54) is 16.4 Å². The van der Waals surface area contributed by atoms with Gasteiger partial charge in [-0.05, 0) is 31.9 Å². The zero-order valence-corrected chi connectivity index (χ0v) is 18.6. The SMILES string of the molecule is C[C@H](c1nc(-c2cccc(C(F)(F)F)c2)no1)N1CCN(S(=O)(=O)N2CCCCC2)CC1. The van der Waals surface area contributed by atoms with Crippen molar-refractivity contribution in [1.29, 1.82) is 0 Å². The smallest absolute Gasteiger partial charge is 0.337 e. The zero-order chi connectivity index (χ0) is 22.9. The highest BCUT2D eigenvalue weighted by atomic mass is 32.2. The molecule has 0 N–H and O–H groups in total. The molecule has 0 saturated carbocycles. The van der Waals surface area contributed by atoms with Crippen LogP contribution in [0, 0.1) is 0 Å². The van der Waals surface area contributed by atoms with Crippen molar-refractivity contribution in [3.63, 3.8) is 0 Å². The lowest BCUT2D eigenvalue weighted by Crippen LogP contribution is -2.54. The van der Waals surface area contributed by atoms with Gasteiger partial charge in [0, 0.05) is 44.8 Å². The molecule has 4 rings (SSSR count). The molecule has 2 aromatic rings. The standard InChI is InChI=1S/C20H26F3N5O3S/c1-15(19-24-18(25-31-19)16-6-5-7-17(14-16)20(21,22)23)26-10-12-28(13-11-26)32(29,30)27-8-3-2-4-9-27/h5-7,14-15H,2-4,8-13H2,1H3/t15-/m1/s1. The van der Waals surface area contributed by atoms with Gasteiger partial charge in [0.05, 0.1) is 11.6 Å². The molecule has 2 saturated heterocycles. The number of alkyl halides is 3. The Hall–Kier alpha value is -2.02. The molecule has 2 fully saturated rings. The molecular weight excluding hydrogens is 447 g/mol. The highest BCUT2D eigenvalue weighted by molar-refractivity contribution is 7.86. The molecule has 3 heterocycles. The molecule has 32 heavy (non-hydrogen) atoms. The van der Waals surface area contributed by atoms with Crippen LogP contribution in [0.25, 0.3) is 11.4 Å². The van der Waals surface area contributed by atoms with Crippen LogP contribution in [0.2, 0.25) is 0 Å². The number of piperazine rings is 1. The predicted molar refractivity (Wildman–Crippen MR) is 111 cm³/mol. The molecule has 12 heteroatoms. The normalized spacial score (nSPS) is 21.0. The monoisotopic (exact) mass is 473 g/mol. The van der Waals surface area contributed by atoms with E-state index in [4.69, 9.17) is 4.52 Å². The molecule has 0 spiro atoms. The molecule has 8 nitrogen and oxygen atoms in total. The number of aromatic nitrogens is 2. The Labute approximate surface area is 185 Å². The number of hydrogen-bond acceptors (Lipinski definition) is 6. The molecule has 0 radical (unpaired) electrons. The van der Waals surface area contributed by atoms with Crippen molar-refractivity contribution in [2.24, 2.45) is 0 Å². The van der Waals surface area contributed by atoms with Crippen molar-refractivity contribution in [2.45, 2.75) is 38.4 Å². The minimum atomic E-state index is -4.45. The van der Waals surface area contributed by atoms with E-state index < -0.39 is 21.9 Å². The fourth-order valence-corrected chi connectivity index (χ4v) is 5.76. The van der Waals surface area contributed by atoms with Crippen LogP contribution >= 0.6 is 0 Å². The average Bonchev–Trinajstić information content (AvgIpc) is 3.29. The van der Waals surface area contributed by atoms with E-state index in [0.29, 0.717) is 39.3 Å². The summed E-state index contributed by atoms with van der Waals surface area (Å²) in [6.07, 6.45) is -1.61. The first-order valence-electron chi connectivity index (χ1n) is 10.7. The number of halogens is 3. The minimum Gasteiger partial charge on any atom is -0.337 e. The lowest BCUT2D eigenvalue weighted by atomic mass is 10.1. The average molecular weight is 474 g/mol. The Bertz CT molecular complexity index is 1030.